The molecule has 2 heterocycles. The second-order valence-corrected chi connectivity index (χ2v) is 8.60. The molecular formula is C23H22ClN5O3. The number of anilines is 1. The van der Waals surface area contributed by atoms with Gasteiger partial charge in [-0.05, 0) is 62.1 Å². The lowest BCUT2D eigenvalue weighted by Gasteiger charge is -2.25. The normalized spacial score (nSPS) is 15.8. The third kappa shape index (κ3) is 4.05. The number of halogens is 1. The van der Waals surface area contributed by atoms with Crippen LogP contribution in [0.5, 0.6) is 5.75 Å². The predicted octanol–water partition coefficient (Wildman–Crippen LogP) is 4.54. The number of hydrogen-bond donors (Lipinski definition) is 3. The summed E-state index contributed by atoms with van der Waals surface area (Å²) >= 11 is 6.01. The van der Waals surface area contributed by atoms with Crippen LogP contribution in [0.3, 0.4) is 0 Å². The fourth-order valence-electron chi connectivity index (χ4n) is 3.72. The fourth-order valence-corrected chi connectivity index (χ4v) is 3.93. The van der Waals surface area contributed by atoms with Crippen molar-refractivity contribution in [2.75, 3.05) is 5.32 Å². The molecular weight excluding hydrogens is 430 g/mol. The Morgan fingerprint density at radius 1 is 1.12 bits per heavy atom. The second-order valence-electron chi connectivity index (χ2n) is 8.25. The van der Waals surface area contributed by atoms with Crippen molar-refractivity contribution in [1.29, 1.82) is 0 Å². The molecule has 164 valence electrons. The first-order valence-electron chi connectivity index (χ1n) is 10.7. The Morgan fingerprint density at radius 2 is 1.94 bits per heavy atom. The van der Waals surface area contributed by atoms with Gasteiger partial charge in [-0.2, -0.15) is 9.78 Å². The maximum absolute atomic E-state index is 12.7. The highest BCUT2D eigenvalue weighted by atomic mass is 35.5. The molecule has 5 rings (SSSR count). The van der Waals surface area contributed by atoms with Crippen LogP contribution in [0.15, 0.2) is 42.6 Å². The summed E-state index contributed by atoms with van der Waals surface area (Å²) in [5.74, 6) is -0.127. The molecule has 2 aliphatic carbocycles. The highest BCUT2D eigenvalue weighted by molar-refractivity contribution is 6.33. The summed E-state index contributed by atoms with van der Waals surface area (Å²) in [5, 5.41) is 20.9. The number of amides is 2. The molecule has 2 fully saturated rings. The number of carbonyl (C=O) groups is 2. The van der Waals surface area contributed by atoms with E-state index < -0.39 is 5.91 Å². The van der Waals surface area contributed by atoms with Gasteiger partial charge in [0.05, 0.1) is 17.0 Å². The Hall–Kier alpha value is -3.39. The first-order valence-corrected chi connectivity index (χ1v) is 11.0. The largest absolute Gasteiger partial charge is 0.507 e. The second kappa shape index (κ2) is 8.27. The third-order valence-corrected chi connectivity index (χ3v) is 6.19. The number of nitrogens with zero attached hydrogens (tertiary/aromatic N) is 3. The fraction of sp³-hybridized carbons (Fsp3) is 0.304. The Balaban J connectivity index is 1.45. The summed E-state index contributed by atoms with van der Waals surface area (Å²) in [4.78, 5) is 29.3. The summed E-state index contributed by atoms with van der Waals surface area (Å²) in [6, 6.07) is 9.75. The van der Waals surface area contributed by atoms with Gasteiger partial charge < -0.3 is 15.7 Å². The number of phenols is 1. The van der Waals surface area contributed by atoms with Crippen LogP contribution >= 0.6 is 11.6 Å². The van der Waals surface area contributed by atoms with Crippen molar-refractivity contribution >= 4 is 29.2 Å². The van der Waals surface area contributed by atoms with Crippen LogP contribution in [-0.2, 0) is 0 Å². The lowest BCUT2D eigenvalue weighted by atomic mass is 9.82. The monoisotopic (exact) mass is 451 g/mol. The highest BCUT2D eigenvalue weighted by Gasteiger charge is 2.30. The number of phenolic OH excluding ortho intramolecular Hbond substituents is 1. The topological polar surface area (TPSA) is 109 Å². The average molecular weight is 452 g/mol. The van der Waals surface area contributed by atoms with Gasteiger partial charge in [0.25, 0.3) is 5.91 Å². The van der Waals surface area contributed by atoms with E-state index in [1.807, 2.05) is 6.07 Å². The van der Waals surface area contributed by atoms with Crippen molar-refractivity contribution in [3.05, 3.63) is 59.0 Å². The van der Waals surface area contributed by atoms with E-state index in [0.29, 0.717) is 16.9 Å². The van der Waals surface area contributed by atoms with E-state index in [-0.39, 0.29) is 34.5 Å². The van der Waals surface area contributed by atoms with Crippen LogP contribution < -0.4 is 10.6 Å². The van der Waals surface area contributed by atoms with Gasteiger partial charge in [0, 0.05) is 29.4 Å². The Bertz CT molecular complexity index is 1200. The molecule has 3 aromatic rings. The molecule has 0 aliphatic heterocycles. The maximum atomic E-state index is 12.7. The highest BCUT2D eigenvalue weighted by Crippen LogP contribution is 2.39. The first-order chi connectivity index (χ1) is 15.5. The molecule has 0 saturated heterocycles. The quantitative estimate of drug-likeness (QED) is 0.389. The zero-order valence-electron chi connectivity index (χ0n) is 17.2. The molecule has 2 saturated carbocycles. The van der Waals surface area contributed by atoms with Crippen LogP contribution in [0.25, 0.3) is 11.3 Å². The number of pyridine rings is 1. The van der Waals surface area contributed by atoms with E-state index in [2.05, 4.69) is 20.7 Å². The molecule has 1 aromatic carbocycles. The Labute approximate surface area is 189 Å². The zero-order chi connectivity index (χ0) is 22.2. The lowest BCUT2D eigenvalue weighted by molar-refractivity contribution is 0.102. The third-order valence-electron chi connectivity index (χ3n) is 5.89. The van der Waals surface area contributed by atoms with E-state index in [1.165, 1.54) is 16.9 Å². The molecule has 8 nitrogen and oxygen atoms in total. The van der Waals surface area contributed by atoms with Crippen molar-refractivity contribution in [1.82, 2.24) is 20.1 Å². The molecule has 0 spiro atoms. The molecule has 32 heavy (non-hydrogen) atoms. The smallest absolute Gasteiger partial charge is 0.342 e. The van der Waals surface area contributed by atoms with Crippen LogP contribution in [-0.4, -0.2) is 37.9 Å². The summed E-state index contributed by atoms with van der Waals surface area (Å²) in [6.07, 6.45) is 6.63. The van der Waals surface area contributed by atoms with Gasteiger partial charge >= 0.3 is 6.03 Å². The van der Waals surface area contributed by atoms with Crippen molar-refractivity contribution < 1.29 is 14.7 Å². The van der Waals surface area contributed by atoms with Crippen LogP contribution in [0.1, 0.15) is 54.1 Å². The van der Waals surface area contributed by atoms with Gasteiger partial charge in [0.1, 0.15) is 10.9 Å². The standard InChI is InChI=1S/C23H22ClN5O3/c24-21-16(5-2-10-25-21)22(31)26-15-8-9-20(30)17(11-15)18-12-19(13-3-1-4-13)29(28-18)23(32)27-14-6-7-14/h2,5,8-14,30H,1,3-4,6-7H2,(H,26,31)(H,27,32). The number of aromatic nitrogens is 3. The lowest BCUT2D eigenvalue weighted by Crippen LogP contribution is -2.33. The molecule has 0 unspecified atom stereocenters. The van der Waals surface area contributed by atoms with E-state index in [1.54, 1.807) is 24.3 Å². The van der Waals surface area contributed by atoms with E-state index in [4.69, 9.17) is 11.6 Å². The van der Waals surface area contributed by atoms with Gasteiger partial charge in [-0.15, -0.1) is 0 Å². The van der Waals surface area contributed by atoms with Gasteiger partial charge in [0.2, 0.25) is 0 Å². The van der Waals surface area contributed by atoms with E-state index in [9.17, 15) is 14.7 Å². The molecule has 2 aliphatic rings. The van der Waals surface area contributed by atoms with Crippen molar-refractivity contribution in [2.24, 2.45) is 0 Å². The van der Waals surface area contributed by atoms with Crippen LogP contribution in [0.4, 0.5) is 10.5 Å². The molecule has 0 bridgehead atoms. The summed E-state index contributed by atoms with van der Waals surface area (Å²) in [6.45, 7) is 0. The number of benzene rings is 1. The van der Waals surface area contributed by atoms with Gasteiger partial charge in [-0.25, -0.2) is 9.78 Å². The Morgan fingerprint density at radius 3 is 2.62 bits per heavy atom. The number of carbonyl (C=O) groups excluding carboxylic acids is 2. The van der Waals surface area contributed by atoms with Gasteiger partial charge in [-0.3, -0.25) is 4.79 Å². The van der Waals surface area contributed by atoms with Gasteiger partial charge in [-0.1, -0.05) is 18.0 Å². The van der Waals surface area contributed by atoms with Crippen molar-refractivity contribution in [2.45, 2.75) is 44.1 Å². The first kappa shape index (κ1) is 20.5. The number of hydrogen-bond acceptors (Lipinski definition) is 5. The minimum atomic E-state index is -0.413. The molecule has 0 radical (unpaired) electrons. The minimum absolute atomic E-state index is 0.00909. The van der Waals surface area contributed by atoms with Crippen molar-refractivity contribution in [3.63, 3.8) is 0 Å². The Kier molecular flexibility index (Phi) is 5.30. The predicted molar refractivity (Wildman–Crippen MR) is 120 cm³/mol. The average Bonchev–Trinajstić information content (AvgIpc) is 3.44. The van der Waals surface area contributed by atoms with Crippen LogP contribution in [0.2, 0.25) is 5.15 Å². The molecule has 3 N–H and O–H groups in total. The van der Waals surface area contributed by atoms with E-state index >= 15 is 0 Å². The summed E-state index contributed by atoms with van der Waals surface area (Å²) < 4.78 is 1.43. The SMILES string of the molecule is O=C(Nc1ccc(O)c(-c2cc(C3CCC3)n(C(=O)NC3CC3)n2)c1)c1cccnc1Cl. The maximum Gasteiger partial charge on any atom is 0.342 e. The van der Waals surface area contributed by atoms with Crippen molar-refractivity contribution in [3.8, 4) is 17.0 Å². The number of rotatable bonds is 5. The molecule has 2 aromatic heterocycles. The minimum Gasteiger partial charge on any atom is -0.507 e. The number of nitrogens with one attached hydrogen (secondary N) is 2. The number of aromatic hydroxyl groups is 1. The molecule has 9 heteroatoms. The zero-order valence-corrected chi connectivity index (χ0v) is 18.0. The van der Waals surface area contributed by atoms with Gasteiger partial charge in [0.15, 0.2) is 0 Å². The van der Waals surface area contributed by atoms with Crippen LogP contribution in [0, 0.1) is 0 Å². The van der Waals surface area contributed by atoms with E-state index in [0.717, 1.165) is 37.8 Å². The summed E-state index contributed by atoms with van der Waals surface area (Å²) in [7, 11) is 0. The molecule has 2 amide bonds. The summed E-state index contributed by atoms with van der Waals surface area (Å²) in [5.41, 5.74) is 2.46. The molecule has 0 atom stereocenters.